The van der Waals surface area contributed by atoms with Crippen molar-refractivity contribution in [3.63, 3.8) is 0 Å². The monoisotopic (exact) mass is 551 g/mol. The summed E-state index contributed by atoms with van der Waals surface area (Å²) in [6, 6.07) is 4.15. The molecule has 0 unspecified atom stereocenters. The predicted molar refractivity (Wildman–Crippen MR) is 144 cm³/mol. The molecule has 4 atom stereocenters. The molecule has 40 heavy (non-hydrogen) atoms. The van der Waals surface area contributed by atoms with E-state index in [1.54, 1.807) is 7.11 Å². The van der Waals surface area contributed by atoms with Crippen LogP contribution >= 0.6 is 0 Å². The molecule has 0 aromatic heterocycles. The van der Waals surface area contributed by atoms with Crippen molar-refractivity contribution in [2.75, 3.05) is 59.7 Å². The van der Waals surface area contributed by atoms with Gasteiger partial charge < -0.3 is 29.0 Å². The third-order valence-electron chi connectivity index (χ3n) is 9.50. The molecular formula is C30H37N3O7. The lowest BCUT2D eigenvalue weighted by atomic mass is 9.77. The van der Waals surface area contributed by atoms with E-state index in [1.165, 1.54) is 5.56 Å². The van der Waals surface area contributed by atoms with E-state index in [4.69, 9.17) is 23.7 Å². The van der Waals surface area contributed by atoms with Crippen molar-refractivity contribution in [1.29, 1.82) is 0 Å². The van der Waals surface area contributed by atoms with Gasteiger partial charge in [0.2, 0.25) is 12.4 Å². The first kappa shape index (κ1) is 25.9. The lowest BCUT2D eigenvalue weighted by Gasteiger charge is -2.41. The molecule has 1 aromatic carbocycles. The van der Waals surface area contributed by atoms with Crippen LogP contribution in [0.2, 0.25) is 0 Å². The zero-order valence-corrected chi connectivity index (χ0v) is 23.0. The van der Waals surface area contributed by atoms with Gasteiger partial charge in [-0.3, -0.25) is 14.6 Å². The van der Waals surface area contributed by atoms with Crippen molar-refractivity contribution in [3.8, 4) is 11.5 Å². The van der Waals surface area contributed by atoms with Crippen molar-refractivity contribution in [2.24, 2.45) is 0 Å². The summed E-state index contributed by atoms with van der Waals surface area (Å²) in [6.45, 7) is 6.81. The van der Waals surface area contributed by atoms with Gasteiger partial charge in [0.05, 0.1) is 25.0 Å². The van der Waals surface area contributed by atoms with Crippen LogP contribution < -0.4 is 14.8 Å². The summed E-state index contributed by atoms with van der Waals surface area (Å²) in [7, 11) is 1.63. The fourth-order valence-electron chi connectivity index (χ4n) is 7.46. The standard InChI is InChI=1S/C30H37N3O7/c1-36-24-17-29-6-4-11-33(29)12-5-20-15-22-23(38-19-37-22)16-21(20)26(29)27(24)39-28(35)30(18-25(34)40-30)7-2-3-10-32-13-8-31-9-14-32/h2-3,15-17,26-27,31H,4-14,18-19H2,1H3/t26-,27-,29+,30-/m1/s1. The minimum Gasteiger partial charge on any atom is -0.497 e. The number of esters is 2. The summed E-state index contributed by atoms with van der Waals surface area (Å²) in [5.41, 5.74) is 0.659. The number of nitrogens with one attached hydrogen (secondary N) is 1. The summed E-state index contributed by atoms with van der Waals surface area (Å²) < 4.78 is 29.2. The molecule has 1 spiro atoms. The number of carbonyl (C=O) groups excluding carboxylic acids is 2. The second kappa shape index (κ2) is 10.1. The highest BCUT2D eigenvalue weighted by molar-refractivity contribution is 5.94. The minimum atomic E-state index is -1.30. The molecule has 214 valence electrons. The Bertz CT molecular complexity index is 1250. The number of piperazine rings is 1. The maximum absolute atomic E-state index is 13.9. The molecule has 0 saturated carbocycles. The molecule has 5 aliphatic heterocycles. The first-order valence-electron chi connectivity index (χ1n) is 14.5. The molecule has 5 heterocycles. The Balaban J connectivity index is 1.17. The van der Waals surface area contributed by atoms with Crippen molar-refractivity contribution in [1.82, 2.24) is 15.1 Å². The van der Waals surface area contributed by atoms with Crippen LogP contribution in [0.15, 0.2) is 36.1 Å². The molecule has 1 aliphatic carbocycles. The third kappa shape index (κ3) is 4.19. The molecule has 1 aromatic rings. The van der Waals surface area contributed by atoms with Crippen LogP contribution in [-0.2, 0) is 30.2 Å². The number of fused-ring (bicyclic) bond motifs is 3. The highest BCUT2D eigenvalue weighted by Gasteiger charge is 2.60. The molecule has 7 rings (SSSR count). The number of cyclic esters (lactones) is 1. The zero-order chi connectivity index (χ0) is 27.3. The number of rotatable bonds is 7. The molecule has 0 radical (unpaired) electrons. The van der Waals surface area contributed by atoms with E-state index in [1.807, 2.05) is 6.08 Å². The van der Waals surface area contributed by atoms with Crippen molar-refractivity contribution < 1.29 is 33.3 Å². The molecule has 0 amide bonds. The smallest absolute Gasteiger partial charge is 0.352 e. The molecule has 6 aliphatic rings. The predicted octanol–water partition coefficient (Wildman–Crippen LogP) is 1.88. The van der Waals surface area contributed by atoms with E-state index in [0.29, 0.717) is 12.2 Å². The zero-order valence-electron chi connectivity index (χ0n) is 23.0. The Morgan fingerprint density at radius 1 is 1.15 bits per heavy atom. The van der Waals surface area contributed by atoms with Gasteiger partial charge in [0.15, 0.2) is 17.6 Å². The van der Waals surface area contributed by atoms with Crippen molar-refractivity contribution >= 4 is 11.9 Å². The number of nitrogens with zero attached hydrogens (tertiary/aromatic N) is 2. The average Bonchev–Trinajstić information content (AvgIpc) is 3.64. The number of carbonyl (C=O) groups is 2. The Morgan fingerprint density at radius 2 is 1.95 bits per heavy atom. The lowest BCUT2D eigenvalue weighted by molar-refractivity contribution is -0.210. The fourth-order valence-corrected chi connectivity index (χ4v) is 7.46. The quantitative estimate of drug-likeness (QED) is 0.400. The van der Waals surface area contributed by atoms with Crippen LogP contribution in [0.25, 0.3) is 0 Å². The minimum absolute atomic E-state index is 0.0137. The number of hydrogen-bond donors (Lipinski definition) is 1. The van der Waals surface area contributed by atoms with Crippen LogP contribution in [0, 0.1) is 0 Å². The van der Waals surface area contributed by atoms with Gasteiger partial charge in [-0.1, -0.05) is 12.2 Å². The number of methoxy groups -OCH3 is 1. The highest BCUT2D eigenvalue weighted by atomic mass is 16.7. The molecule has 3 fully saturated rings. The van der Waals surface area contributed by atoms with Crippen LogP contribution in [0.1, 0.15) is 42.7 Å². The lowest BCUT2D eigenvalue weighted by Crippen LogP contribution is -2.56. The van der Waals surface area contributed by atoms with Gasteiger partial charge in [-0.15, -0.1) is 0 Å². The summed E-state index contributed by atoms with van der Waals surface area (Å²) >= 11 is 0. The van der Waals surface area contributed by atoms with Gasteiger partial charge in [-0.25, -0.2) is 4.79 Å². The topological polar surface area (TPSA) is 98.8 Å². The van der Waals surface area contributed by atoms with Gasteiger partial charge in [0.1, 0.15) is 5.76 Å². The normalized spacial score (nSPS) is 32.9. The van der Waals surface area contributed by atoms with Gasteiger partial charge >= 0.3 is 11.9 Å². The number of hydrogen-bond acceptors (Lipinski definition) is 10. The summed E-state index contributed by atoms with van der Waals surface area (Å²) in [5, 5.41) is 3.35. The maximum Gasteiger partial charge on any atom is 0.352 e. The summed E-state index contributed by atoms with van der Waals surface area (Å²) in [6.07, 6.45) is 8.72. The third-order valence-corrected chi connectivity index (χ3v) is 9.50. The SMILES string of the molecule is COC1=C[C@]23CCCN2CCc2cc4c(cc2[C@@H]3[C@@H]1OC(=O)[C@@]1(CC=CCN2CCNCC2)CC(=O)O1)OCO4. The van der Waals surface area contributed by atoms with Crippen LogP contribution in [0.3, 0.4) is 0 Å². The molecule has 10 nitrogen and oxygen atoms in total. The van der Waals surface area contributed by atoms with E-state index >= 15 is 0 Å². The number of benzene rings is 1. The Labute approximate surface area is 234 Å². The first-order chi connectivity index (χ1) is 19.5. The van der Waals surface area contributed by atoms with E-state index in [2.05, 4.69) is 39.4 Å². The number of ether oxygens (including phenoxy) is 5. The first-order valence-corrected chi connectivity index (χ1v) is 14.5. The van der Waals surface area contributed by atoms with Crippen molar-refractivity contribution in [2.45, 2.75) is 55.3 Å². The molecule has 10 heteroatoms. The largest absolute Gasteiger partial charge is 0.497 e. The molecule has 1 N–H and O–H groups in total. The van der Waals surface area contributed by atoms with Gasteiger partial charge in [-0.2, -0.15) is 0 Å². The van der Waals surface area contributed by atoms with E-state index < -0.39 is 17.7 Å². The second-order valence-electron chi connectivity index (χ2n) is 11.7. The van der Waals surface area contributed by atoms with Gasteiger partial charge in [0, 0.05) is 45.7 Å². The van der Waals surface area contributed by atoms with Gasteiger partial charge in [0.25, 0.3) is 0 Å². The second-order valence-corrected chi connectivity index (χ2v) is 11.7. The van der Waals surface area contributed by atoms with Crippen molar-refractivity contribution in [3.05, 3.63) is 47.2 Å². The fraction of sp³-hybridized carbons (Fsp3) is 0.600. The van der Waals surface area contributed by atoms with Gasteiger partial charge in [-0.05, 0) is 55.1 Å². The summed E-state index contributed by atoms with van der Waals surface area (Å²) in [4.78, 5) is 30.7. The Kier molecular flexibility index (Phi) is 6.52. The molecule has 0 bridgehead atoms. The van der Waals surface area contributed by atoms with E-state index in [9.17, 15) is 9.59 Å². The Morgan fingerprint density at radius 3 is 2.73 bits per heavy atom. The van der Waals surface area contributed by atoms with Crippen LogP contribution in [0.4, 0.5) is 0 Å². The Hall–Kier alpha value is -3.08. The van der Waals surface area contributed by atoms with Crippen LogP contribution in [0.5, 0.6) is 11.5 Å². The van der Waals surface area contributed by atoms with E-state index in [0.717, 1.165) is 82.1 Å². The maximum atomic E-state index is 13.9. The average molecular weight is 552 g/mol. The van der Waals surface area contributed by atoms with E-state index in [-0.39, 0.29) is 30.6 Å². The highest BCUT2D eigenvalue weighted by Crippen LogP contribution is 2.56. The summed E-state index contributed by atoms with van der Waals surface area (Å²) in [5.74, 6) is 1.06. The molecular weight excluding hydrogens is 514 g/mol. The van der Waals surface area contributed by atoms with Crippen LogP contribution in [-0.4, -0.2) is 98.7 Å². The molecule has 3 saturated heterocycles.